The smallest absolute Gasteiger partial charge is 0.327 e. The Morgan fingerprint density at radius 3 is 2.76 bits per heavy atom. The first kappa shape index (κ1) is 15.6. The van der Waals surface area contributed by atoms with E-state index in [1.165, 1.54) is 23.9 Å². The highest BCUT2D eigenvalue weighted by atomic mass is 35.5. The molecule has 2 unspecified atom stereocenters. The van der Waals surface area contributed by atoms with E-state index in [-0.39, 0.29) is 21.7 Å². The number of thioether (sulfide) groups is 1. The summed E-state index contributed by atoms with van der Waals surface area (Å²) in [5.41, 5.74) is -0.592. The largest absolute Gasteiger partial charge is 0.480 e. The van der Waals surface area contributed by atoms with E-state index in [2.05, 4.69) is 0 Å². The molecule has 1 aliphatic rings. The number of amides is 1. The number of rotatable bonds is 3. The van der Waals surface area contributed by atoms with Gasteiger partial charge in [0.1, 0.15) is 11.6 Å². The van der Waals surface area contributed by atoms with Crippen LogP contribution in [0.2, 0.25) is 5.02 Å². The minimum absolute atomic E-state index is 0.176. The van der Waals surface area contributed by atoms with E-state index >= 15 is 0 Å². The first-order valence-electron chi connectivity index (χ1n) is 5.94. The number of carbonyl (C=O) groups is 2. The first-order valence-corrected chi connectivity index (χ1v) is 7.36. The number of nitro groups is 1. The lowest BCUT2D eigenvalue weighted by molar-refractivity contribution is -0.385. The summed E-state index contributed by atoms with van der Waals surface area (Å²) in [7, 11) is 0. The van der Waals surface area contributed by atoms with Crippen molar-refractivity contribution in [1.82, 2.24) is 4.90 Å². The fraction of sp³-hybridized carbons (Fsp3) is 0.333. The van der Waals surface area contributed by atoms with Gasteiger partial charge in [-0.3, -0.25) is 14.9 Å². The molecule has 1 saturated heterocycles. The number of benzene rings is 1. The number of carbonyl (C=O) groups excluding carboxylic acids is 1. The van der Waals surface area contributed by atoms with Crippen molar-refractivity contribution in [3.05, 3.63) is 38.9 Å². The van der Waals surface area contributed by atoms with Gasteiger partial charge in [0.2, 0.25) is 0 Å². The molecule has 0 aromatic heterocycles. The summed E-state index contributed by atoms with van der Waals surface area (Å²) in [6.45, 7) is 1.68. The number of carboxylic acid groups (broad SMARTS) is 1. The van der Waals surface area contributed by atoms with Crippen molar-refractivity contribution in [2.75, 3.05) is 5.75 Å². The molecule has 1 heterocycles. The van der Waals surface area contributed by atoms with Gasteiger partial charge in [-0.25, -0.2) is 4.79 Å². The van der Waals surface area contributed by atoms with Gasteiger partial charge in [0.15, 0.2) is 0 Å². The van der Waals surface area contributed by atoms with Crippen molar-refractivity contribution in [3.63, 3.8) is 0 Å². The minimum atomic E-state index is -1.13. The van der Waals surface area contributed by atoms with E-state index in [9.17, 15) is 19.7 Å². The fourth-order valence-corrected chi connectivity index (χ4v) is 3.46. The average molecular weight is 331 g/mol. The SMILES string of the molecule is CC1SCC(C(=O)O)N1C(=O)c1cc(Cl)ccc1[N+](=O)[O-]. The maximum Gasteiger partial charge on any atom is 0.327 e. The number of hydrogen-bond donors (Lipinski definition) is 1. The van der Waals surface area contributed by atoms with Crippen molar-refractivity contribution in [1.29, 1.82) is 0 Å². The molecule has 0 spiro atoms. The van der Waals surface area contributed by atoms with Gasteiger partial charge in [-0.05, 0) is 19.1 Å². The molecule has 1 aliphatic heterocycles. The molecule has 0 radical (unpaired) electrons. The number of nitro benzene ring substituents is 1. The Bertz CT molecular complexity index is 624. The van der Waals surface area contributed by atoms with Gasteiger partial charge in [0.05, 0.1) is 10.3 Å². The van der Waals surface area contributed by atoms with Crippen molar-refractivity contribution in [3.8, 4) is 0 Å². The summed E-state index contributed by atoms with van der Waals surface area (Å²) < 4.78 is 0. The Hall–Kier alpha value is -1.80. The van der Waals surface area contributed by atoms with Gasteiger partial charge in [-0.2, -0.15) is 0 Å². The average Bonchev–Trinajstić information content (AvgIpc) is 2.79. The van der Waals surface area contributed by atoms with Crippen LogP contribution in [-0.4, -0.2) is 44.0 Å². The minimum Gasteiger partial charge on any atom is -0.480 e. The molecule has 21 heavy (non-hydrogen) atoms. The molecular weight excluding hydrogens is 320 g/mol. The normalized spacial score (nSPS) is 21.3. The molecule has 1 fully saturated rings. The van der Waals surface area contributed by atoms with Crippen molar-refractivity contribution >= 4 is 40.9 Å². The van der Waals surface area contributed by atoms with E-state index in [0.29, 0.717) is 0 Å². The van der Waals surface area contributed by atoms with Crippen molar-refractivity contribution in [2.45, 2.75) is 18.3 Å². The quantitative estimate of drug-likeness (QED) is 0.673. The van der Waals surface area contributed by atoms with E-state index in [1.807, 2.05) is 0 Å². The first-order chi connectivity index (χ1) is 9.82. The van der Waals surface area contributed by atoms with E-state index in [1.54, 1.807) is 6.92 Å². The molecule has 1 amide bonds. The third-order valence-corrected chi connectivity index (χ3v) is 4.58. The molecule has 7 nitrogen and oxygen atoms in total. The fourth-order valence-electron chi connectivity index (χ4n) is 2.12. The zero-order valence-electron chi connectivity index (χ0n) is 10.9. The number of aliphatic carboxylic acids is 1. The highest BCUT2D eigenvalue weighted by Gasteiger charge is 2.41. The Morgan fingerprint density at radius 1 is 1.52 bits per heavy atom. The van der Waals surface area contributed by atoms with Crippen LogP contribution in [-0.2, 0) is 4.79 Å². The molecule has 1 aromatic rings. The molecule has 1 aromatic carbocycles. The lowest BCUT2D eigenvalue weighted by Gasteiger charge is -2.24. The van der Waals surface area contributed by atoms with Crippen LogP contribution in [0.3, 0.4) is 0 Å². The number of nitrogens with zero attached hydrogens (tertiary/aromatic N) is 2. The van der Waals surface area contributed by atoms with Crippen LogP contribution in [0.4, 0.5) is 5.69 Å². The van der Waals surface area contributed by atoms with E-state index in [4.69, 9.17) is 16.7 Å². The Balaban J connectivity index is 2.46. The molecule has 2 atom stereocenters. The van der Waals surface area contributed by atoms with Gasteiger partial charge < -0.3 is 10.0 Å². The summed E-state index contributed by atoms with van der Waals surface area (Å²) in [6, 6.07) is 2.64. The number of carboxylic acids is 1. The van der Waals surface area contributed by atoms with Gasteiger partial charge in [-0.15, -0.1) is 11.8 Å². The second-order valence-electron chi connectivity index (χ2n) is 4.42. The number of hydrogen-bond acceptors (Lipinski definition) is 5. The predicted octanol–water partition coefficient (Wildman–Crippen LogP) is 2.24. The van der Waals surface area contributed by atoms with Crippen LogP contribution < -0.4 is 0 Å². The van der Waals surface area contributed by atoms with Crippen LogP contribution in [0.15, 0.2) is 18.2 Å². The molecule has 0 saturated carbocycles. The van der Waals surface area contributed by atoms with Gasteiger partial charge in [0, 0.05) is 16.8 Å². The molecule has 0 aliphatic carbocycles. The van der Waals surface area contributed by atoms with Crippen molar-refractivity contribution < 1.29 is 19.6 Å². The summed E-state index contributed by atoms with van der Waals surface area (Å²) in [4.78, 5) is 35.2. The standard InChI is InChI=1S/C12H11ClN2O5S/c1-6-14(10(5-21-6)12(17)18)11(16)8-4-7(13)2-3-9(8)15(19)20/h2-4,6,10H,5H2,1H3,(H,17,18). The maximum absolute atomic E-state index is 12.5. The van der Waals surface area contributed by atoms with Gasteiger partial charge in [-0.1, -0.05) is 11.6 Å². The Kier molecular flexibility index (Phi) is 4.38. The van der Waals surface area contributed by atoms with Gasteiger partial charge >= 0.3 is 5.97 Å². The molecule has 1 N–H and O–H groups in total. The van der Waals surface area contributed by atoms with Crippen molar-refractivity contribution in [2.24, 2.45) is 0 Å². The zero-order valence-corrected chi connectivity index (χ0v) is 12.4. The predicted molar refractivity (Wildman–Crippen MR) is 77.6 cm³/mol. The number of halogens is 1. The Morgan fingerprint density at radius 2 is 2.19 bits per heavy atom. The summed E-state index contributed by atoms with van der Waals surface area (Å²) in [5, 5.41) is 20.0. The molecule has 0 bridgehead atoms. The van der Waals surface area contributed by atoms with Crippen LogP contribution in [0.5, 0.6) is 0 Å². The lowest BCUT2D eigenvalue weighted by atomic mass is 10.1. The van der Waals surface area contributed by atoms with Crippen LogP contribution in [0.25, 0.3) is 0 Å². The molecule has 112 valence electrons. The third-order valence-electron chi connectivity index (χ3n) is 3.13. The third kappa shape index (κ3) is 2.96. The lowest BCUT2D eigenvalue weighted by Crippen LogP contribution is -2.44. The Labute approximate surface area is 129 Å². The van der Waals surface area contributed by atoms with E-state index in [0.717, 1.165) is 11.0 Å². The summed E-state index contributed by atoms with van der Waals surface area (Å²) in [6.07, 6.45) is 0. The topological polar surface area (TPSA) is 101 Å². The van der Waals surface area contributed by atoms with Gasteiger partial charge in [0.25, 0.3) is 11.6 Å². The van der Waals surface area contributed by atoms with E-state index < -0.39 is 28.5 Å². The van der Waals surface area contributed by atoms with Crippen LogP contribution in [0, 0.1) is 10.1 Å². The highest BCUT2D eigenvalue weighted by molar-refractivity contribution is 8.00. The zero-order chi connectivity index (χ0) is 15.7. The second kappa shape index (κ2) is 5.90. The highest BCUT2D eigenvalue weighted by Crippen LogP contribution is 2.33. The monoisotopic (exact) mass is 330 g/mol. The second-order valence-corrected chi connectivity index (χ2v) is 6.20. The molecule has 2 rings (SSSR count). The summed E-state index contributed by atoms with van der Waals surface area (Å²) in [5.74, 6) is -1.59. The van der Waals surface area contributed by atoms with Crippen LogP contribution >= 0.6 is 23.4 Å². The maximum atomic E-state index is 12.5. The molecule has 9 heteroatoms. The van der Waals surface area contributed by atoms with Crippen LogP contribution in [0.1, 0.15) is 17.3 Å². The summed E-state index contributed by atoms with van der Waals surface area (Å²) >= 11 is 7.10. The molecular formula is C12H11ClN2O5S.